The first-order chi connectivity index (χ1) is 16.7. The molecule has 0 bridgehead atoms. The van der Waals surface area contributed by atoms with Crippen LogP contribution in [0.15, 0.2) is 28.9 Å². The van der Waals surface area contributed by atoms with Crippen LogP contribution in [0.4, 0.5) is 4.79 Å². The van der Waals surface area contributed by atoms with Crippen molar-refractivity contribution in [1.29, 1.82) is 0 Å². The summed E-state index contributed by atoms with van der Waals surface area (Å²) in [5.74, 6) is 2.12. The largest absolute Gasteiger partial charge is 0.464 e. The smallest absolute Gasteiger partial charge is 0.411 e. The Morgan fingerprint density at radius 3 is 2.63 bits per heavy atom. The van der Waals surface area contributed by atoms with Crippen molar-refractivity contribution in [3.8, 4) is 0 Å². The molecule has 9 heteroatoms. The van der Waals surface area contributed by atoms with E-state index in [0.717, 1.165) is 54.2 Å². The Morgan fingerprint density at radius 1 is 1.17 bits per heavy atom. The van der Waals surface area contributed by atoms with E-state index in [1.54, 1.807) is 16.7 Å². The molecule has 35 heavy (non-hydrogen) atoms. The number of carbonyl (C=O) groups is 2. The van der Waals surface area contributed by atoms with Gasteiger partial charge in [0.1, 0.15) is 17.2 Å². The summed E-state index contributed by atoms with van der Waals surface area (Å²) in [6.07, 6.45) is 4.16. The van der Waals surface area contributed by atoms with Crippen LogP contribution in [0, 0.1) is 0 Å². The van der Waals surface area contributed by atoms with Crippen LogP contribution in [-0.2, 0) is 9.53 Å². The van der Waals surface area contributed by atoms with Gasteiger partial charge in [0.2, 0.25) is 5.91 Å². The quantitative estimate of drug-likeness (QED) is 0.557. The number of nitrogens with zero attached hydrogens (tertiary/aromatic N) is 3. The number of hydrogen-bond donors (Lipinski definition) is 0. The number of thioether (sulfide) groups is 1. The summed E-state index contributed by atoms with van der Waals surface area (Å²) in [6.45, 7) is 8.72. The highest BCUT2D eigenvalue weighted by molar-refractivity contribution is 7.99. The fraction of sp³-hybridized carbons (Fsp3) is 0.615. The molecule has 2 amide bonds. The van der Waals surface area contributed by atoms with Gasteiger partial charge in [-0.2, -0.15) is 0 Å². The minimum atomic E-state index is -0.596. The van der Waals surface area contributed by atoms with Crippen LogP contribution >= 0.6 is 23.4 Å². The van der Waals surface area contributed by atoms with Gasteiger partial charge in [-0.15, -0.1) is 11.8 Å². The van der Waals surface area contributed by atoms with E-state index in [2.05, 4.69) is 4.90 Å². The van der Waals surface area contributed by atoms with Crippen LogP contribution in [-0.4, -0.2) is 82.2 Å². The fourth-order valence-corrected chi connectivity index (χ4v) is 6.67. The standard InChI is InChI=1S/C26H34ClN3O4S/c1-26(2,3)34-25(32)30-14-19(13-22(30)24(31)29-10-11-35-16-29)28-8-6-17(7-9-28)21-15-33-23-5-4-18(27)12-20(21)23/h4-5,12,15,17,19,22H,6-11,13-14,16H2,1-3H3/t19-,22-/m0/s1. The number of hydrogen-bond acceptors (Lipinski definition) is 6. The lowest BCUT2D eigenvalue weighted by atomic mass is 9.88. The van der Waals surface area contributed by atoms with Crippen molar-refractivity contribution in [2.24, 2.45) is 0 Å². The van der Waals surface area contributed by atoms with Crippen molar-refractivity contribution in [2.75, 3.05) is 37.8 Å². The van der Waals surface area contributed by atoms with Gasteiger partial charge in [-0.3, -0.25) is 14.6 Å². The first-order valence-corrected chi connectivity index (χ1v) is 14.0. The normalized spacial score (nSPS) is 24.5. The second kappa shape index (κ2) is 9.87. The van der Waals surface area contributed by atoms with E-state index in [9.17, 15) is 9.59 Å². The van der Waals surface area contributed by atoms with Crippen molar-refractivity contribution in [3.05, 3.63) is 35.0 Å². The molecular formula is C26H34ClN3O4S. The first-order valence-electron chi connectivity index (χ1n) is 12.5. The summed E-state index contributed by atoms with van der Waals surface area (Å²) < 4.78 is 11.5. The zero-order valence-corrected chi connectivity index (χ0v) is 22.2. The van der Waals surface area contributed by atoms with Gasteiger partial charge in [0.15, 0.2) is 0 Å². The minimum Gasteiger partial charge on any atom is -0.464 e. The Kier molecular flexibility index (Phi) is 6.98. The van der Waals surface area contributed by atoms with Crippen LogP contribution in [0.3, 0.4) is 0 Å². The van der Waals surface area contributed by atoms with Crippen molar-refractivity contribution in [1.82, 2.24) is 14.7 Å². The number of furan rings is 1. The molecular weight excluding hydrogens is 486 g/mol. The molecule has 3 saturated heterocycles. The summed E-state index contributed by atoms with van der Waals surface area (Å²) in [7, 11) is 0. The number of ether oxygens (including phenoxy) is 1. The van der Waals surface area contributed by atoms with E-state index in [4.69, 9.17) is 20.8 Å². The molecule has 2 aromatic rings. The van der Waals surface area contributed by atoms with Crippen LogP contribution in [0.2, 0.25) is 5.02 Å². The van der Waals surface area contributed by atoms with Gasteiger partial charge in [0.05, 0.1) is 12.1 Å². The second-order valence-corrected chi connectivity index (χ2v) is 12.3. The molecule has 190 valence electrons. The van der Waals surface area contributed by atoms with Gasteiger partial charge in [0, 0.05) is 40.9 Å². The molecule has 0 unspecified atom stereocenters. The molecule has 0 radical (unpaired) electrons. The Balaban J connectivity index is 1.27. The van der Waals surface area contributed by atoms with Gasteiger partial charge in [-0.25, -0.2) is 4.79 Å². The molecule has 5 rings (SSSR count). The number of amides is 2. The number of fused-ring (bicyclic) bond motifs is 1. The lowest BCUT2D eigenvalue weighted by molar-refractivity contribution is -0.134. The van der Waals surface area contributed by atoms with Crippen molar-refractivity contribution < 1.29 is 18.7 Å². The SMILES string of the molecule is CC(C)(C)OC(=O)N1C[C@@H](N2CCC(c3coc4ccc(Cl)cc34)CC2)C[C@H]1C(=O)N1CCSC1. The maximum absolute atomic E-state index is 13.3. The van der Waals surface area contributed by atoms with Gasteiger partial charge < -0.3 is 14.1 Å². The average Bonchev–Trinajstić information content (AvgIpc) is 3.57. The highest BCUT2D eigenvalue weighted by atomic mass is 35.5. The van der Waals surface area contributed by atoms with E-state index in [1.807, 2.05) is 50.1 Å². The van der Waals surface area contributed by atoms with Crippen LogP contribution in [0.25, 0.3) is 11.0 Å². The second-order valence-electron chi connectivity index (χ2n) is 10.8. The molecule has 0 N–H and O–H groups in total. The third kappa shape index (κ3) is 5.30. The molecule has 0 saturated carbocycles. The first kappa shape index (κ1) is 24.8. The van der Waals surface area contributed by atoms with E-state index >= 15 is 0 Å². The number of carbonyl (C=O) groups excluding carboxylic acids is 2. The van der Waals surface area contributed by atoms with Gasteiger partial charge >= 0.3 is 6.09 Å². The van der Waals surface area contributed by atoms with Crippen LogP contribution in [0.5, 0.6) is 0 Å². The minimum absolute atomic E-state index is 0.0555. The summed E-state index contributed by atoms with van der Waals surface area (Å²) in [6, 6.07) is 5.48. The van der Waals surface area contributed by atoms with Gasteiger partial charge in [-0.1, -0.05) is 11.6 Å². The number of likely N-dealkylation sites (tertiary alicyclic amines) is 2. The lowest BCUT2D eigenvalue weighted by Crippen LogP contribution is -2.48. The third-order valence-electron chi connectivity index (χ3n) is 7.31. The highest BCUT2D eigenvalue weighted by Gasteiger charge is 2.45. The molecule has 3 aliphatic heterocycles. The van der Waals surface area contributed by atoms with E-state index in [-0.39, 0.29) is 18.0 Å². The molecule has 1 aromatic heterocycles. The van der Waals surface area contributed by atoms with E-state index in [0.29, 0.717) is 24.8 Å². The number of rotatable bonds is 3. The van der Waals surface area contributed by atoms with Gasteiger partial charge in [-0.05, 0) is 77.2 Å². The predicted octanol–water partition coefficient (Wildman–Crippen LogP) is 5.18. The summed E-state index contributed by atoms with van der Waals surface area (Å²) in [4.78, 5) is 32.4. The van der Waals surface area contributed by atoms with E-state index < -0.39 is 11.6 Å². The van der Waals surface area contributed by atoms with Crippen molar-refractivity contribution in [2.45, 2.75) is 63.6 Å². The summed E-state index contributed by atoms with van der Waals surface area (Å²) in [5, 5.41) is 1.82. The number of benzene rings is 1. The molecule has 0 aliphatic carbocycles. The van der Waals surface area contributed by atoms with E-state index in [1.165, 1.54) is 5.56 Å². The molecule has 1 aromatic carbocycles. The van der Waals surface area contributed by atoms with Crippen LogP contribution < -0.4 is 0 Å². The Morgan fingerprint density at radius 2 is 1.94 bits per heavy atom. The molecule has 3 aliphatic rings. The average molecular weight is 520 g/mol. The Bertz CT molecular complexity index is 1090. The molecule has 3 fully saturated rings. The molecule has 7 nitrogen and oxygen atoms in total. The van der Waals surface area contributed by atoms with Crippen LogP contribution in [0.1, 0.15) is 51.5 Å². The number of piperidine rings is 1. The summed E-state index contributed by atoms with van der Waals surface area (Å²) in [5.41, 5.74) is 1.50. The molecule has 4 heterocycles. The Hall–Kier alpha value is -1.90. The maximum Gasteiger partial charge on any atom is 0.411 e. The Labute approximate surface area is 216 Å². The lowest BCUT2D eigenvalue weighted by Gasteiger charge is -2.35. The predicted molar refractivity (Wildman–Crippen MR) is 139 cm³/mol. The third-order valence-corrected chi connectivity index (χ3v) is 8.51. The van der Waals surface area contributed by atoms with Gasteiger partial charge in [0.25, 0.3) is 0 Å². The fourth-order valence-electron chi connectivity index (χ4n) is 5.55. The molecule has 0 spiro atoms. The van der Waals surface area contributed by atoms with Crippen molar-refractivity contribution >= 4 is 46.3 Å². The zero-order chi connectivity index (χ0) is 24.7. The van der Waals surface area contributed by atoms with Crippen molar-refractivity contribution in [3.63, 3.8) is 0 Å². The summed E-state index contributed by atoms with van der Waals surface area (Å²) >= 11 is 8.00. The topological polar surface area (TPSA) is 66.2 Å². The monoisotopic (exact) mass is 519 g/mol. The molecule has 2 atom stereocenters. The number of halogens is 1. The highest BCUT2D eigenvalue weighted by Crippen LogP contribution is 2.37. The maximum atomic E-state index is 13.3. The zero-order valence-electron chi connectivity index (χ0n) is 20.7.